The summed E-state index contributed by atoms with van der Waals surface area (Å²) in [5.41, 5.74) is 0.744. The lowest BCUT2D eigenvalue weighted by Gasteiger charge is -2.20. The maximum absolute atomic E-state index is 12.2. The van der Waals surface area contributed by atoms with Gasteiger partial charge in [0.2, 0.25) is 0 Å². The van der Waals surface area contributed by atoms with Gasteiger partial charge in [0.15, 0.2) is 0 Å². The van der Waals surface area contributed by atoms with Crippen LogP contribution in [-0.4, -0.2) is 29.9 Å². The van der Waals surface area contributed by atoms with Crippen LogP contribution < -0.4 is 0 Å². The smallest absolute Gasteiger partial charge is 0.292 e. The Hall–Kier alpha value is -1.56. The molecule has 0 aliphatic carbocycles. The zero-order valence-corrected chi connectivity index (χ0v) is 10.4. The van der Waals surface area contributed by atoms with Crippen LogP contribution in [0.3, 0.4) is 0 Å². The monoisotopic (exact) mass is 278 g/mol. The van der Waals surface area contributed by atoms with E-state index in [1.54, 1.807) is 6.92 Å². The summed E-state index contributed by atoms with van der Waals surface area (Å²) in [7, 11) is 0.909. The Morgan fingerprint density at radius 3 is 2.39 bits per heavy atom. The molecule has 0 aliphatic heterocycles. The maximum Gasteiger partial charge on any atom is 0.471 e. The molecule has 1 aromatic rings. The second-order valence-electron chi connectivity index (χ2n) is 3.67. The van der Waals surface area contributed by atoms with Crippen molar-refractivity contribution < 1.29 is 18.0 Å². The predicted molar refractivity (Wildman–Crippen MR) is 61.8 cm³/mol. The maximum atomic E-state index is 12.2. The Morgan fingerprint density at radius 2 is 1.94 bits per heavy atom. The summed E-state index contributed by atoms with van der Waals surface area (Å²) in [5.74, 6) is -2.60. The normalized spacial score (nSPS) is 11.2. The molecule has 0 heterocycles. The number of amides is 1. The van der Waals surface area contributed by atoms with Crippen LogP contribution in [0, 0.1) is 12.3 Å². The predicted octanol–water partition coefficient (Wildman–Crippen LogP) is 2.99. The minimum Gasteiger partial charge on any atom is -0.292 e. The Balaban J connectivity index is 3.04. The van der Waals surface area contributed by atoms with E-state index in [1.807, 2.05) is 0 Å². The van der Waals surface area contributed by atoms with Gasteiger partial charge in [0.25, 0.3) is 0 Å². The van der Waals surface area contributed by atoms with Crippen molar-refractivity contribution in [3.63, 3.8) is 0 Å². The number of rotatable bonds is 1. The van der Waals surface area contributed by atoms with Crippen molar-refractivity contribution in [1.82, 2.24) is 4.90 Å². The van der Waals surface area contributed by atoms with Gasteiger partial charge in [0.05, 0.1) is 0 Å². The van der Waals surface area contributed by atoms with Gasteiger partial charge in [-0.1, -0.05) is 11.6 Å². The van der Waals surface area contributed by atoms with Crippen molar-refractivity contribution >= 4 is 23.3 Å². The zero-order chi connectivity index (χ0) is 14.1. The number of amidine groups is 1. The zero-order valence-electron chi connectivity index (χ0n) is 9.60. The Kier molecular flexibility index (Phi) is 4.01. The molecule has 1 rings (SSSR count). The lowest BCUT2D eigenvalue weighted by molar-refractivity contribution is -0.180. The first-order valence-corrected chi connectivity index (χ1v) is 5.22. The first-order valence-electron chi connectivity index (χ1n) is 4.84. The van der Waals surface area contributed by atoms with Crippen LogP contribution in [0.5, 0.6) is 0 Å². The molecule has 98 valence electrons. The van der Waals surface area contributed by atoms with E-state index in [0.29, 0.717) is 10.6 Å². The lowest BCUT2D eigenvalue weighted by Crippen LogP contribution is -2.42. The summed E-state index contributed by atoms with van der Waals surface area (Å²) in [5, 5.41) is 8.03. The van der Waals surface area contributed by atoms with Gasteiger partial charge in [-0.3, -0.25) is 15.1 Å². The van der Waals surface area contributed by atoms with Gasteiger partial charge in [-0.2, -0.15) is 13.2 Å². The van der Waals surface area contributed by atoms with E-state index < -0.39 is 17.9 Å². The van der Waals surface area contributed by atoms with Gasteiger partial charge in [0, 0.05) is 17.6 Å². The SMILES string of the molecule is Cc1cc(Cl)ccc1C(=N)N(C)C(=O)C(F)(F)F. The molecule has 18 heavy (non-hydrogen) atoms. The van der Waals surface area contributed by atoms with E-state index in [4.69, 9.17) is 17.0 Å². The van der Waals surface area contributed by atoms with Gasteiger partial charge >= 0.3 is 12.1 Å². The van der Waals surface area contributed by atoms with Gasteiger partial charge in [-0.25, -0.2) is 0 Å². The number of hydrogen-bond donors (Lipinski definition) is 1. The van der Waals surface area contributed by atoms with Crippen molar-refractivity contribution in [2.45, 2.75) is 13.1 Å². The van der Waals surface area contributed by atoms with E-state index in [2.05, 4.69) is 0 Å². The van der Waals surface area contributed by atoms with E-state index >= 15 is 0 Å². The number of carbonyl (C=O) groups is 1. The molecule has 0 aromatic heterocycles. The van der Waals surface area contributed by atoms with Crippen LogP contribution in [0.15, 0.2) is 18.2 Å². The highest BCUT2D eigenvalue weighted by Gasteiger charge is 2.42. The summed E-state index contributed by atoms with van der Waals surface area (Å²) in [6.07, 6.45) is -5.00. The number of nitrogens with zero attached hydrogens (tertiary/aromatic N) is 1. The third kappa shape index (κ3) is 3.01. The molecule has 0 aliphatic rings. The number of halogens is 4. The first-order chi connectivity index (χ1) is 8.14. The van der Waals surface area contributed by atoms with Crippen molar-refractivity contribution in [1.29, 1.82) is 5.41 Å². The molecule has 3 nitrogen and oxygen atoms in total. The standard InChI is InChI=1S/C11H10ClF3N2O/c1-6-5-7(12)3-4-8(6)9(16)17(2)10(18)11(13,14)15/h3-5,16H,1-2H3. The molecule has 0 bridgehead atoms. The molecule has 0 saturated heterocycles. The Morgan fingerprint density at radius 1 is 1.39 bits per heavy atom. The van der Waals surface area contributed by atoms with Gasteiger partial charge in [0.1, 0.15) is 5.84 Å². The van der Waals surface area contributed by atoms with Crippen LogP contribution in [0.2, 0.25) is 5.02 Å². The fraction of sp³-hybridized carbons (Fsp3) is 0.273. The molecule has 0 radical (unpaired) electrons. The van der Waals surface area contributed by atoms with Crippen molar-refractivity contribution in [3.05, 3.63) is 34.3 Å². The number of aryl methyl sites for hydroxylation is 1. The third-order valence-electron chi connectivity index (χ3n) is 2.33. The third-order valence-corrected chi connectivity index (χ3v) is 2.56. The Labute approximate surface area is 107 Å². The molecule has 1 aromatic carbocycles. The summed E-state index contributed by atoms with van der Waals surface area (Å²) >= 11 is 5.71. The molecule has 0 atom stereocenters. The molecule has 0 unspecified atom stereocenters. The summed E-state index contributed by atoms with van der Waals surface area (Å²) in [6.45, 7) is 1.60. The number of alkyl halides is 3. The van der Waals surface area contributed by atoms with Crippen LogP contribution in [0.4, 0.5) is 13.2 Å². The number of benzene rings is 1. The average molecular weight is 279 g/mol. The molecule has 0 spiro atoms. The topological polar surface area (TPSA) is 44.2 Å². The molecule has 1 amide bonds. The molecular weight excluding hydrogens is 269 g/mol. The minimum absolute atomic E-state index is 0.222. The van der Waals surface area contributed by atoms with Crippen molar-refractivity contribution in [2.75, 3.05) is 7.05 Å². The van der Waals surface area contributed by atoms with E-state index in [9.17, 15) is 18.0 Å². The van der Waals surface area contributed by atoms with Crippen LogP contribution in [-0.2, 0) is 4.79 Å². The minimum atomic E-state index is -5.00. The highest BCUT2D eigenvalue weighted by Crippen LogP contribution is 2.21. The number of hydrogen-bond acceptors (Lipinski definition) is 2. The van der Waals surface area contributed by atoms with Gasteiger partial charge in [-0.15, -0.1) is 0 Å². The summed E-state index contributed by atoms with van der Waals surface area (Å²) in [6, 6.07) is 4.36. The molecular formula is C11H10ClF3N2O. The van der Waals surface area contributed by atoms with Crippen LogP contribution >= 0.6 is 11.6 Å². The Bertz CT molecular complexity index is 500. The number of carbonyl (C=O) groups excluding carboxylic acids is 1. The average Bonchev–Trinajstić information content (AvgIpc) is 2.25. The van der Waals surface area contributed by atoms with Gasteiger partial charge < -0.3 is 0 Å². The van der Waals surface area contributed by atoms with E-state index in [1.165, 1.54) is 18.2 Å². The van der Waals surface area contributed by atoms with Gasteiger partial charge in [-0.05, 0) is 30.7 Å². The fourth-order valence-electron chi connectivity index (χ4n) is 1.37. The van der Waals surface area contributed by atoms with Crippen molar-refractivity contribution in [2.24, 2.45) is 0 Å². The largest absolute Gasteiger partial charge is 0.471 e. The summed E-state index contributed by atoms with van der Waals surface area (Å²) in [4.78, 5) is 11.3. The van der Waals surface area contributed by atoms with Crippen LogP contribution in [0.25, 0.3) is 0 Å². The lowest BCUT2D eigenvalue weighted by atomic mass is 10.1. The summed E-state index contributed by atoms with van der Waals surface area (Å²) < 4.78 is 36.7. The first kappa shape index (κ1) is 14.5. The second-order valence-corrected chi connectivity index (χ2v) is 4.11. The number of nitrogens with one attached hydrogen (secondary N) is 1. The highest BCUT2D eigenvalue weighted by atomic mass is 35.5. The quantitative estimate of drug-likeness (QED) is 0.623. The fourth-order valence-corrected chi connectivity index (χ4v) is 1.59. The van der Waals surface area contributed by atoms with Crippen LogP contribution in [0.1, 0.15) is 11.1 Å². The van der Waals surface area contributed by atoms with E-state index in [0.717, 1.165) is 7.05 Å². The molecule has 0 saturated carbocycles. The van der Waals surface area contributed by atoms with Crippen molar-refractivity contribution in [3.8, 4) is 0 Å². The van der Waals surface area contributed by atoms with E-state index in [-0.39, 0.29) is 10.5 Å². The molecule has 0 fully saturated rings. The second kappa shape index (κ2) is 4.97. The highest BCUT2D eigenvalue weighted by molar-refractivity contribution is 6.30. The molecule has 7 heteroatoms. The molecule has 1 N–H and O–H groups in total.